The fourth-order valence-corrected chi connectivity index (χ4v) is 1.53. The van der Waals surface area contributed by atoms with Crippen LogP contribution in [-0.2, 0) is 4.79 Å². The molecule has 3 nitrogen and oxygen atoms in total. The van der Waals surface area contributed by atoms with E-state index in [4.69, 9.17) is 5.73 Å². The van der Waals surface area contributed by atoms with Gasteiger partial charge in [-0.05, 0) is 30.7 Å². The number of pyridine rings is 1. The molecule has 0 fully saturated rings. The van der Waals surface area contributed by atoms with Gasteiger partial charge in [-0.2, -0.15) is 0 Å². The van der Waals surface area contributed by atoms with Crippen molar-refractivity contribution in [2.75, 3.05) is 0 Å². The zero-order valence-corrected chi connectivity index (χ0v) is 8.47. The van der Waals surface area contributed by atoms with Crippen LogP contribution in [0.2, 0.25) is 0 Å². The van der Waals surface area contributed by atoms with Crippen molar-refractivity contribution >= 4 is 16.8 Å². The SMILES string of the molecule is CC(C(N)=O)c1ccc2ncccc2c1.[HH]. The number of hydrogen-bond donors (Lipinski definition) is 1. The van der Waals surface area contributed by atoms with E-state index in [0.29, 0.717) is 0 Å². The number of fused-ring (bicyclic) bond motifs is 1. The van der Waals surface area contributed by atoms with Crippen LogP contribution in [0.5, 0.6) is 0 Å². The highest BCUT2D eigenvalue weighted by molar-refractivity contribution is 5.85. The van der Waals surface area contributed by atoms with Gasteiger partial charge in [0.25, 0.3) is 0 Å². The van der Waals surface area contributed by atoms with Gasteiger partial charge < -0.3 is 5.73 Å². The predicted molar refractivity (Wildman–Crippen MR) is 61.5 cm³/mol. The van der Waals surface area contributed by atoms with Crippen LogP contribution >= 0.6 is 0 Å². The Morgan fingerprint density at radius 2 is 2.27 bits per heavy atom. The van der Waals surface area contributed by atoms with Crippen molar-refractivity contribution in [1.82, 2.24) is 4.98 Å². The molecule has 0 saturated heterocycles. The van der Waals surface area contributed by atoms with Crippen molar-refractivity contribution in [3.05, 3.63) is 42.1 Å². The molecule has 1 aromatic heterocycles. The highest BCUT2D eigenvalue weighted by Gasteiger charge is 2.11. The first kappa shape index (κ1) is 9.65. The molecule has 1 heterocycles. The average molecular weight is 202 g/mol. The Bertz CT molecular complexity index is 513. The molecule has 78 valence electrons. The number of primary amides is 1. The minimum Gasteiger partial charge on any atom is -0.369 e. The summed E-state index contributed by atoms with van der Waals surface area (Å²) in [5.74, 6) is -0.562. The average Bonchev–Trinajstić information content (AvgIpc) is 2.27. The Labute approximate surface area is 89.4 Å². The zero-order valence-electron chi connectivity index (χ0n) is 8.47. The lowest BCUT2D eigenvalue weighted by Crippen LogP contribution is -2.18. The van der Waals surface area contributed by atoms with Crippen LogP contribution in [0.4, 0.5) is 0 Å². The lowest BCUT2D eigenvalue weighted by molar-refractivity contribution is -0.119. The highest BCUT2D eigenvalue weighted by Crippen LogP contribution is 2.19. The molecule has 1 aromatic carbocycles. The normalized spacial score (nSPS) is 12.6. The molecule has 0 aliphatic carbocycles. The van der Waals surface area contributed by atoms with E-state index in [2.05, 4.69) is 4.98 Å². The second-order valence-corrected chi connectivity index (χ2v) is 3.58. The molecule has 2 rings (SSSR count). The van der Waals surface area contributed by atoms with Crippen LogP contribution < -0.4 is 5.73 Å². The fourth-order valence-electron chi connectivity index (χ4n) is 1.53. The van der Waals surface area contributed by atoms with E-state index in [-0.39, 0.29) is 13.3 Å². The number of carbonyl (C=O) groups excluding carboxylic acids is 1. The highest BCUT2D eigenvalue weighted by atomic mass is 16.1. The molecule has 0 saturated carbocycles. The van der Waals surface area contributed by atoms with Crippen molar-refractivity contribution in [1.29, 1.82) is 0 Å². The number of nitrogens with two attached hydrogens (primary N) is 1. The first-order valence-corrected chi connectivity index (χ1v) is 4.82. The molecule has 2 aromatic rings. The second-order valence-electron chi connectivity index (χ2n) is 3.58. The van der Waals surface area contributed by atoms with E-state index in [1.165, 1.54) is 0 Å². The maximum atomic E-state index is 11.0. The van der Waals surface area contributed by atoms with Crippen LogP contribution in [0, 0.1) is 0 Å². The van der Waals surface area contributed by atoms with Gasteiger partial charge in [-0.15, -0.1) is 0 Å². The predicted octanol–water partition coefficient (Wildman–Crippen LogP) is 2.07. The quantitative estimate of drug-likeness (QED) is 0.810. The summed E-state index contributed by atoms with van der Waals surface area (Å²) in [6.45, 7) is 1.81. The van der Waals surface area contributed by atoms with E-state index < -0.39 is 0 Å². The van der Waals surface area contributed by atoms with Gasteiger partial charge in [0.1, 0.15) is 0 Å². The smallest absolute Gasteiger partial charge is 0.224 e. The molecule has 0 aliphatic rings. The van der Waals surface area contributed by atoms with Gasteiger partial charge in [-0.25, -0.2) is 0 Å². The van der Waals surface area contributed by atoms with Crippen molar-refractivity contribution in [2.24, 2.45) is 5.73 Å². The summed E-state index contributed by atoms with van der Waals surface area (Å²) in [6, 6.07) is 9.60. The monoisotopic (exact) mass is 202 g/mol. The topological polar surface area (TPSA) is 56.0 Å². The summed E-state index contributed by atoms with van der Waals surface area (Å²) >= 11 is 0. The summed E-state index contributed by atoms with van der Waals surface area (Å²) < 4.78 is 0. The molecule has 3 heteroatoms. The number of benzene rings is 1. The van der Waals surface area contributed by atoms with Crippen LogP contribution in [0.1, 0.15) is 19.8 Å². The van der Waals surface area contributed by atoms with Crippen molar-refractivity contribution in [3.8, 4) is 0 Å². The maximum absolute atomic E-state index is 11.0. The third-order valence-corrected chi connectivity index (χ3v) is 2.55. The van der Waals surface area contributed by atoms with Gasteiger partial charge in [0.05, 0.1) is 11.4 Å². The van der Waals surface area contributed by atoms with Crippen molar-refractivity contribution in [2.45, 2.75) is 12.8 Å². The van der Waals surface area contributed by atoms with Crippen LogP contribution in [-0.4, -0.2) is 10.9 Å². The molecule has 0 bridgehead atoms. The second kappa shape index (κ2) is 3.69. The summed E-state index contributed by atoms with van der Waals surface area (Å²) in [5, 5.41) is 1.03. The summed E-state index contributed by atoms with van der Waals surface area (Å²) in [7, 11) is 0. The van der Waals surface area contributed by atoms with Crippen molar-refractivity contribution < 1.29 is 6.22 Å². The van der Waals surface area contributed by atoms with Crippen molar-refractivity contribution in [3.63, 3.8) is 0 Å². The number of carbonyl (C=O) groups is 1. The van der Waals surface area contributed by atoms with Gasteiger partial charge in [0, 0.05) is 13.0 Å². The van der Waals surface area contributed by atoms with E-state index in [1.54, 1.807) is 13.1 Å². The third-order valence-electron chi connectivity index (χ3n) is 2.55. The Morgan fingerprint density at radius 3 is 3.00 bits per heavy atom. The number of rotatable bonds is 2. The van der Waals surface area contributed by atoms with Gasteiger partial charge in [0.15, 0.2) is 0 Å². The number of nitrogens with zero attached hydrogens (tertiary/aromatic N) is 1. The maximum Gasteiger partial charge on any atom is 0.224 e. The standard InChI is InChI=1S/C12H12N2O.H2/c1-8(12(13)15)9-4-5-11-10(7-9)3-2-6-14-11;/h2-8H,1H3,(H2,13,15);1H. The molecule has 0 spiro atoms. The Morgan fingerprint density at radius 1 is 1.47 bits per heavy atom. The van der Waals surface area contributed by atoms with Gasteiger partial charge in [-0.1, -0.05) is 12.1 Å². The van der Waals surface area contributed by atoms with Gasteiger partial charge >= 0.3 is 0 Å². The molecule has 1 unspecified atom stereocenters. The molecule has 0 radical (unpaired) electrons. The van der Waals surface area contributed by atoms with E-state index >= 15 is 0 Å². The van der Waals surface area contributed by atoms with E-state index in [0.717, 1.165) is 16.5 Å². The zero-order chi connectivity index (χ0) is 10.8. The largest absolute Gasteiger partial charge is 0.369 e. The number of hydrogen-bond acceptors (Lipinski definition) is 2. The molecule has 2 N–H and O–H groups in total. The van der Waals surface area contributed by atoms with E-state index in [1.807, 2.05) is 30.3 Å². The van der Waals surface area contributed by atoms with Gasteiger partial charge in [0.2, 0.25) is 5.91 Å². The Balaban J connectivity index is 0.00000128. The van der Waals surface area contributed by atoms with E-state index in [9.17, 15) is 4.79 Å². The minimum absolute atomic E-state index is 0. The van der Waals surface area contributed by atoms with Crippen LogP contribution in [0.25, 0.3) is 10.9 Å². The number of aromatic nitrogens is 1. The molecule has 0 aliphatic heterocycles. The molecule has 1 atom stereocenters. The third kappa shape index (κ3) is 1.81. The molecule has 15 heavy (non-hydrogen) atoms. The Kier molecular flexibility index (Phi) is 2.37. The molecular weight excluding hydrogens is 188 g/mol. The Hall–Kier alpha value is -1.90. The molecule has 1 amide bonds. The van der Waals surface area contributed by atoms with Crippen LogP contribution in [0.15, 0.2) is 36.5 Å². The summed E-state index contributed by atoms with van der Waals surface area (Å²) in [6.07, 6.45) is 1.75. The fraction of sp³-hybridized carbons (Fsp3) is 0.167. The minimum atomic E-state index is -0.307. The van der Waals surface area contributed by atoms with Crippen LogP contribution in [0.3, 0.4) is 0 Å². The summed E-state index contributed by atoms with van der Waals surface area (Å²) in [5.41, 5.74) is 7.12. The summed E-state index contributed by atoms with van der Waals surface area (Å²) in [4.78, 5) is 15.3. The van der Waals surface area contributed by atoms with Gasteiger partial charge in [-0.3, -0.25) is 9.78 Å². The first-order valence-electron chi connectivity index (χ1n) is 4.82. The lowest BCUT2D eigenvalue weighted by Gasteiger charge is -2.08. The number of amides is 1. The first-order chi connectivity index (χ1) is 7.18. The lowest BCUT2D eigenvalue weighted by atomic mass is 9.99. The molecular formula is C12H14N2O.